The van der Waals surface area contributed by atoms with Crippen molar-refractivity contribution in [3.8, 4) is 0 Å². The normalized spacial score (nSPS) is 21.2. The Hall–Kier alpha value is -0.910. The number of hydrogen-bond acceptors (Lipinski definition) is 4. The van der Waals surface area contributed by atoms with Crippen LogP contribution in [0.1, 0.15) is 30.6 Å². The molecular weight excluding hydrogens is 294 g/mol. The molecule has 1 aromatic heterocycles. The Morgan fingerprint density at radius 1 is 1.23 bits per heavy atom. The van der Waals surface area contributed by atoms with Crippen molar-refractivity contribution < 1.29 is 4.79 Å². The van der Waals surface area contributed by atoms with Gasteiger partial charge in [0.25, 0.3) is 0 Å². The molecule has 3 rings (SSSR count). The molecule has 2 aliphatic rings. The number of amides is 1. The van der Waals surface area contributed by atoms with Gasteiger partial charge in [0.1, 0.15) is 0 Å². The van der Waals surface area contributed by atoms with Crippen LogP contribution in [-0.4, -0.2) is 55.0 Å². The van der Waals surface area contributed by atoms with Crippen LogP contribution in [0, 0.1) is 5.92 Å². The smallest absolute Gasteiger partial charge is 0.222 e. The van der Waals surface area contributed by atoms with Crippen molar-refractivity contribution in [2.75, 3.05) is 39.3 Å². The topological polar surface area (TPSA) is 35.6 Å². The highest BCUT2D eigenvalue weighted by atomic mass is 32.1. The van der Waals surface area contributed by atoms with E-state index in [2.05, 4.69) is 32.6 Å². The minimum Gasteiger partial charge on any atom is -0.340 e. The molecule has 122 valence electrons. The maximum atomic E-state index is 12.4. The highest BCUT2D eigenvalue weighted by Gasteiger charge is 2.22. The maximum absolute atomic E-state index is 12.4. The van der Waals surface area contributed by atoms with E-state index < -0.39 is 0 Å². The number of thiophene rings is 1. The average Bonchev–Trinajstić information content (AvgIpc) is 3.07. The van der Waals surface area contributed by atoms with Crippen LogP contribution in [0.4, 0.5) is 0 Å². The molecule has 0 saturated carbocycles. The first-order chi connectivity index (χ1) is 10.8. The lowest BCUT2D eigenvalue weighted by Gasteiger charge is -2.35. The van der Waals surface area contributed by atoms with Gasteiger partial charge in [0.2, 0.25) is 5.91 Å². The van der Waals surface area contributed by atoms with Crippen molar-refractivity contribution in [3.63, 3.8) is 0 Å². The Labute approximate surface area is 137 Å². The third-order valence-electron chi connectivity index (χ3n) is 4.91. The summed E-state index contributed by atoms with van der Waals surface area (Å²) >= 11 is 1.82. The molecule has 0 atom stereocenters. The first-order valence-electron chi connectivity index (χ1n) is 8.54. The quantitative estimate of drug-likeness (QED) is 0.903. The summed E-state index contributed by atoms with van der Waals surface area (Å²) in [6.07, 6.45) is 4.30. The van der Waals surface area contributed by atoms with Gasteiger partial charge in [0.15, 0.2) is 0 Å². The van der Waals surface area contributed by atoms with E-state index in [0.29, 0.717) is 5.91 Å². The van der Waals surface area contributed by atoms with E-state index in [1.807, 2.05) is 11.3 Å². The predicted molar refractivity (Wildman–Crippen MR) is 91.0 cm³/mol. The summed E-state index contributed by atoms with van der Waals surface area (Å²) in [5.74, 6) is 1.12. The summed E-state index contributed by atoms with van der Waals surface area (Å²) < 4.78 is 0. The Balaban J connectivity index is 1.36. The van der Waals surface area contributed by atoms with Gasteiger partial charge in [0, 0.05) is 44.0 Å². The molecule has 1 amide bonds. The molecule has 2 aliphatic heterocycles. The average molecular weight is 321 g/mol. The second kappa shape index (κ2) is 8.09. The van der Waals surface area contributed by atoms with E-state index in [1.165, 1.54) is 17.7 Å². The Kier molecular flexibility index (Phi) is 5.87. The molecule has 0 aliphatic carbocycles. The fourth-order valence-electron chi connectivity index (χ4n) is 3.43. The van der Waals surface area contributed by atoms with Crippen molar-refractivity contribution in [2.24, 2.45) is 5.92 Å². The summed E-state index contributed by atoms with van der Waals surface area (Å²) in [7, 11) is 0. The van der Waals surface area contributed by atoms with Crippen molar-refractivity contribution in [1.82, 2.24) is 15.1 Å². The second-order valence-electron chi connectivity index (χ2n) is 6.47. The molecule has 0 spiro atoms. The van der Waals surface area contributed by atoms with Crippen LogP contribution in [0.15, 0.2) is 17.5 Å². The minimum atomic E-state index is 0.370. The standard InChI is InChI=1S/C17H27N3OS/c21-17(4-3-15-5-7-18-8-6-15)20-11-9-19(10-12-20)14-16-2-1-13-22-16/h1-2,13,15,18H,3-12,14H2. The van der Waals surface area contributed by atoms with Crippen LogP contribution < -0.4 is 5.32 Å². The van der Waals surface area contributed by atoms with E-state index in [0.717, 1.165) is 64.6 Å². The third kappa shape index (κ3) is 4.54. The Morgan fingerprint density at radius 2 is 2.00 bits per heavy atom. The molecule has 0 radical (unpaired) electrons. The summed E-state index contributed by atoms with van der Waals surface area (Å²) in [5, 5.41) is 5.52. The van der Waals surface area contributed by atoms with E-state index >= 15 is 0 Å². The molecule has 0 bridgehead atoms. The number of rotatable bonds is 5. The van der Waals surface area contributed by atoms with Crippen LogP contribution in [0.2, 0.25) is 0 Å². The van der Waals surface area contributed by atoms with Crippen LogP contribution in [0.3, 0.4) is 0 Å². The minimum absolute atomic E-state index is 0.370. The van der Waals surface area contributed by atoms with Crippen LogP contribution >= 0.6 is 11.3 Å². The van der Waals surface area contributed by atoms with Gasteiger partial charge < -0.3 is 10.2 Å². The van der Waals surface area contributed by atoms with Crippen LogP contribution in [0.25, 0.3) is 0 Å². The molecule has 2 fully saturated rings. The van der Waals surface area contributed by atoms with Crippen molar-refractivity contribution in [3.05, 3.63) is 22.4 Å². The zero-order chi connectivity index (χ0) is 15.2. The fourth-order valence-corrected chi connectivity index (χ4v) is 4.18. The molecular formula is C17H27N3OS. The zero-order valence-corrected chi connectivity index (χ0v) is 14.1. The number of hydrogen-bond donors (Lipinski definition) is 1. The summed E-state index contributed by atoms with van der Waals surface area (Å²) in [5.41, 5.74) is 0. The van der Waals surface area contributed by atoms with Gasteiger partial charge in [-0.15, -0.1) is 11.3 Å². The van der Waals surface area contributed by atoms with E-state index in [4.69, 9.17) is 0 Å². The lowest BCUT2D eigenvalue weighted by molar-refractivity contribution is -0.133. The van der Waals surface area contributed by atoms with E-state index in [-0.39, 0.29) is 0 Å². The van der Waals surface area contributed by atoms with Gasteiger partial charge in [-0.05, 0) is 49.7 Å². The number of nitrogens with one attached hydrogen (secondary N) is 1. The summed E-state index contributed by atoms with van der Waals surface area (Å²) in [4.78, 5) is 18.3. The van der Waals surface area contributed by atoms with Gasteiger partial charge in [-0.3, -0.25) is 9.69 Å². The highest BCUT2D eigenvalue weighted by molar-refractivity contribution is 7.09. The molecule has 22 heavy (non-hydrogen) atoms. The van der Waals surface area contributed by atoms with Crippen molar-refractivity contribution in [2.45, 2.75) is 32.2 Å². The second-order valence-corrected chi connectivity index (χ2v) is 7.50. The largest absolute Gasteiger partial charge is 0.340 e. The molecule has 1 N–H and O–H groups in total. The number of nitrogens with zero attached hydrogens (tertiary/aromatic N) is 2. The van der Waals surface area contributed by atoms with Crippen LogP contribution in [0.5, 0.6) is 0 Å². The van der Waals surface area contributed by atoms with Gasteiger partial charge in [-0.1, -0.05) is 6.07 Å². The lowest BCUT2D eigenvalue weighted by Crippen LogP contribution is -2.48. The van der Waals surface area contributed by atoms with E-state index in [1.54, 1.807) is 0 Å². The first kappa shape index (κ1) is 16.0. The molecule has 0 unspecified atom stereocenters. The van der Waals surface area contributed by atoms with E-state index in [9.17, 15) is 4.79 Å². The summed E-state index contributed by atoms with van der Waals surface area (Å²) in [6, 6.07) is 4.31. The predicted octanol–water partition coefficient (Wildman–Crippen LogP) is 2.17. The molecule has 4 nitrogen and oxygen atoms in total. The Morgan fingerprint density at radius 3 is 2.68 bits per heavy atom. The first-order valence-corrected chi connectivity index (χ1v) is 9.42. The van der Waals surface area contributed by atoms with Gasteiger partial charge in [-0.2, -0.15) is 0 Å². The monoisotopic (exact) mass is 321 g/mol. The Bertz CT molecular complexity index is 448. The van der Waals surface area contributed by atoms with Crippen molar-refractivity contribution in [1.29, 1.82) is 0 Å². The molecule has 0 aromatic carbocycles. The number of carbonyl (C=O) groups excluding carboxylic acids is 1. The zero-order valence-electron chi connectivity index (χ0n) is 13.3. The molecule has 3 heterocycles. The number of carbonyl (C=O) groups is 1. The fraction of sp³-hybridized carbons (Fsp3) is 0.706. The lowest BCUT2D eigenvalue weighted by atomic mass is 9.93. The van der Waals surface area contributed by atoms with Gasteiger partial charge in [-0.25, -0.2) is 0 Å². The SMILES string of the molecule is O=C(CCC1CCNCC1)N1CCN(Cc2cccs2)CC1. The van der Waals surface area contributed by atoms with Crippen molar-refractivity contribution >= 4 is 17.2 Å². The van der Waals surface area contributed by atoms with Gasteiger partial charge in [0.05, 0.1) is 0 Å². The molecule has 1 aromatic rings. The maximum Gasteiger partial charge on any atom is 0.222 e. The molecule has 5 heteroatoms. The summed E-state index contributed by atoms with van der Waals surface area (Å²) in [6.45, 7) is 7.11. The number of piperidine rings is 1. The number of piperazine rings is 1. The third-order valence-corrected chi connectivity index (χ3v) is 5.77. The van der Waals surface area contributed by atoms with Gasteiger partial charge >= 0.3 is 0 Å². The highest BCUT2D eigenvalue weighted by Crippen LogP contribution is 2.19. The molecule has 2 saturated heterocycles. The van der Waals surface area contributed by atoms with Crippen LogP contribution in [-0.2, 0) is 11.3 Å².